The van der Waals surface area contributed by atoms with Gasteiger partial charge in [0, 0.05) is 11.8 Å². The molecule has 3 N–H and O–H groups in total. The highest BCUT2D eigenvalue weighted by Gasteiger charge is 2.48. The van der Waals surface area contributed by atoms with Gasteiger partial charge in [0.2, 0.25) is 5.91 Å². The van der Waals surface area contributed by atoms with Gasteiger partial charge in [0.25, 0.3) is 0 Å². The fraction of sp³-hybridized carbons (Fsp3) is 0.500. The molecule has 0 radical (unpaired) electrons. The molecule has 1 fully saturated rings. The van der Waals surface area contributed by atoms with Crippen molar-refractivity contribution in [3.63, 3.8) is 0 Å². The lowest BCUT2D eigenvalue weighted by molar-refractivity contribution is -0.123. The number of amides is 2. The summed E-state index contributed by atoms with van der Waals surface area (Å²) in [7, 11) is 0. The first-order chi connectivity index (χ1) is 12.7. The molecule has 0 aliphatic heterocycles. The SMILES string of the molecule is C[C@H](NC(=O)OC(C)(C)C)C(=O)NC1(c2ccc(-c3cn[nH]c3)nn2)CC1. The highest BCUT2D eigenvalue weighted by atomic mass is 16.6. The third kappa shape index (κ3) is 4.60. The summed E-state index contributed by atoms with van der Waals surface area (Å²) in [5.41, 5.74) is 1.10. The van der Waals surface area contributed by atoms with Gasteiger partial charge in [-0.05, 0) is 52.7 Å². The van der Waals surface area contributed by atoms with Crippen LogP contribution in [0.15, 0.2) is 24.5 Å². The Morgan fingerprint density at radius 3 is 2.52 bits per heavy atom. The molecule has 2 heterocycles. The second-order valence-corrected chi connectivity index (χ2v) is 7.73. The summed E-state index contributed by atoms with van der Waals surface area (Å²) in [6.07, 6.45) is 4.33. The first-order valence-electron chi connectivity index (χ1n) is 8.83. The fourth-order valence-electron chi connectivity index (χ4n) is 2.60. The van der Waals surface area contributed by atoms with Crippen LogP contribution in [-0.4, -0.2) is 44.0 Å². The molecular formula is C18H24N6O3. The lowest BCUT2D eigenvalue weighted by Gasteiger charge is -2.23. The van der Waals surface area contributed by atoms with Crippen LogP contribution in [0.3, 0.4) is 0 Å². The van der Waals surface area contributed by atoms with E-state index in [1.165, 1.54) is 0 Å². The quantitative estimate of drug-likeness (QED) is 0.737. The van der Waals surface area contributed by atoms with E-state index in [9.17, 15) is 9.59 Å². The average molecular weight is 372 g/mol. The van der Waals surface area contributed by atoms with Crippen LogP contribution in [0.25, 0.3) is 11.3 Å². The number of carbonyl (C=O) groups is 2. The summed E-state index contributed by atoms with van der Waals surface area (Å²) < 4.78 is 5.18. The molecule has 0 aromatic carbocycles. The molecule has 27 heavy (non-hydrogen) atoms. The average Bonchev–Trinajstić information content (AvgIpc) is 3.15. The number of carbonyl (C=O) groups excluding carboxylic acids is 2. The molecule has 0 bridgehead atoms. The second-order valence-electron chi connectivity index (χ2n) is 7.73. The maximum Gasteiger partial charge on any atom is 0.408 e. The number of ether oxygens (including phenoxy) is 1. The summed E-state index contributed by atoms with van der Waals surface area (Å²) in [6, 6.07) is 2.98. The zero-order valence-electron chi connectivity index (χ0n) is 15.9. The van der Waals surface area contributed by atoms with Gasteiger partial charge in [-0.25, -0.2) is 4.79 Å². The Hall–Kier alpha value is -2.97. The smallest absolute Gasteiger partial charge is 0.408 e. The van der Waals surface area contributed by atoms with Crippen molar-refractivity contribution in [1.82, 2.24) is 31.0 Å². The molecule has 9 heteroatoms. The van der Waals surface area contributed by atoms with Crippen LogP contribution in [0.5, 0.6) is 0 Å². The number of nitrogens with zero attached hydrogens (tertiary/aromatic N) is 3. The monoisotopic (exact) mass is 372 g/mol. The van der Waals surface area contributed by atoms with Crippen LogP contribution in [0.1, 0.15) is 46.2 Å². The molecule has 144 valence electrons. The van der Waals surface area contributed by atoms with E-state index >= 15 is 0 Å². The number of nitrogens with one attached hydrogen (secondary N) is 3. The number of hydrogen-bond donors (Lipinski definition) is 3. The van der Waals surface area contributed by atoms with Gasteiger partial charge in [-0.3, -0.25) is 9.89 Å². The molecule has 2 aromatic heterocycles. The maximum absolute atomic E-state index is 12.5. The van der Waals surface area contributed by atoms with Gasteiger partial charge in [-0.1, -0.05) is 0 Å². The zero-order valence-corrected chi connectivity index (χ0v) is 15.9. The van der Waals surface area contributed by atoms with Crippen LogP contribution in [0, 0.1) is 0 Å². The number of aromatic amines is 1. The molecule has 9 nitrogen and oxygen atoms in total. The van der Waals surface area contributed by atoms with Crippen molar-refractivity contribution in [2.24, 2.45) is 0 Å². The highest BCUT2D eigenvalue weighted by molar-refractivity contribution is 5.86. The van der Waals surface area contributed by atoms with Crippen molar-refractivity contribution in [2.45, 2.75) is 57.7 Å². The van der Waals surface area contributed by atoms with Crippen LogP contribution in [0.2, 0.25) is 0 Å². The highest BCUT2D eigenvalue weighted by Crippen LogP contribution is 2.44. The molecule has 2 amide bonds. The number of hydrogen-bond acceptors (Lipinski definition) is 6. The predicted molar refractivity (Wildman–Crippen MR) is 97.5 cm³/mol. The molecular weight excluding hydrogens is 348 g/mol. The summed E-state index contributed by atoms with van der Waals surface area (Å²) in [6.45, 7) is 6.91. The van der Waals surface area contributed by atoms with Gasteiger partial charge >= 0.3 is 6.09 Å². The van der Waals surface area contributed by atoms with Gasteiger partial charge in [0.05, 0.1) is 23.1 Å². The molecule has 0 spiro atoms. The van der Waals surface area contributed by atoms with Crippen molar-refractivity contribution in [3.8, 4) is 11.3 Å². The van der Waals surface area contributed by atoms with Crippen molar-refractivity contribution in [2.75, 3.05) is 0 Å². The van der Waals surface area contributed by atoms with Crippen LogP contribution in [0.4, 0.5) is 4.79 Å². The van der Waals surface area contributed by atoms with E-state index in [0.717, 1.165) is 18.4 Å². The fourth-order valence-corrected chi connectivity index (χ4v) is 2.60. The van der Waals surface area contributed by atoms with Gasteiger partial charge in [0.15, 0.2) is 0 Å². The van der Waals surface area contributed by atoms with Crippen molar-refractivity contribution in [3.05, 3.63) is 30.2 Å². The lowest BCUT2D eigenvalue weighted by atomic mass is 10.1. The minimum Gasteiger partial charge on any atom is -0.444 e. The van der Waals surface area contributed by atoms with Gasteiger partial charge < -0.3 is 15.4 Å². The standard InChI is InChI=1S/C18H24N6O3/c1-11(21-16(26)27-17(2,3)4)15(25)22-18(7-8-18)14-6-5-13(23-24-14)12-9-19-20-10-12/h5-6,9-11H,7-8H2,1-4H3,(H,19,20)(H,21,26)(H,22,25)/t11-/m0/s1. The van der Waals surface area contributed by atoms with Crippen LogP contribution < -0.4 is 10.6 Å². The van der Waals surface area contributed by atoms with Crippen LogP contribution in [-0.2, 0) is 15.1 Å². The van der Waals surface area contributed by atoms with E-state index in [0.29, 0.717) is 11.4 Å². The molecule has 0 saturated heterocycles. The van der Waals surface area contributed by atoms with Crippen LogP contribution >= 0.6 is 0 Å². The Morgan fingerprint density at radius 2 is 2.00 bits per heavy atom. The normalized spacial score (nSPS) is 16.3. The topological polar surface area (TPSA) is 122 Å². The Labute approximate surface area is 157 Å². The van der Waals surface area contributed by atoms with E-state index in [2.05, 4.69) is 31.0 Å². The largest absolute Gasteiger partial charge is 0.444 e. The Morgan fingerprint density at radius 1 is 1.26 bits per heavy atom. The number of H-pyrrole nitrogens is 1. The third-order valence-electron chi connectivity index (χ3n) is 4.19. The van der Waals surface area contributed by atoms with Gasteiger partial charge in [-0.2, -0.15) is 15.3 Å². The van der Waals surface area contributed by atoms with Gasteiger partial charge in [-0.15, -0.1) is 0 Å². The molecule has 2 aromatic rings. The Bertz CT molecular complexity index is 807. The summed E-state index contributed by atoms with van der Waals surface area (Å²) in [5.74, 6) is -0.293. The number of aromatic nitrogens is 4. The Balaban J connectivity index is 1.61. The lowest BCUT2D eigenvalue weighted by Crippen LogP contribution is -2.49. The molecule has 1 atom stereocenters. The van der Waals surface area contributed by atoms with E-state index in [1.54, 1.807) is 40.1 Å². The first kappa shape index (κ1) is 18.8. The molecule has 1 saturated carbocycles. The maximum atomic E-state index is 12.5. The number of rotatable bonds is 5. The molecule has 3 rings (SSSR count). The third-order valence-corrected chi connectivity index (χ3v) is 4.19. The molecule has 1 aliphatic rings. The molecule has 0 unspecified atom stereocenters. The number of alkyl carbamates (subject to hydrolysis) is 1. The summed E-state index contributed by atoms with van der Waals surface area (Å²) in [4.78, 5) is 24.3. The minimum absolute atomic E-state index is 0.293. The van der Waals surface area contributed by atoms with Crippen molar-refractivity contribution >= 4 is 12.0 Å². The predicted octanol–water partition coefficient (Wildman–Crippen LogP) is 1.89. The first-order valence-corrected chi connectivity index (χ1v) is 8.83. The van der Waals surface area contributed by atoms with Gasteiger partial charge in [0.1, 0.15) is 11.6 Å². The Kier molecular flexibility index (Phi) is 4.86. The van der Waals surface area contributed by atoms with E-state index in [4.69, 9.17) is 4.74 Å². The summed E-state index contributed by atoms with van der Waals surface area (Å²) >= 11 is 0. The van der Waals surface area contributed by atoms with E-state index < -0.39 is 23.3 Å². The zero-order chi connectivity index (χ0) is 19.7. The van der Waals surface area contributed by atoms with Crippen molar-refractivity contribution < 1.29 is 14.3 Å². The van der Waals surface area contributed by atoms with E-state index in [-0.39, 0.29) is 5.91 Å². The minimum atomic E-state index is -0.726. The van der Waals surface area contributed by atoms with Crippen molar-refractivity contribution in [1.29, 1.82) is 0 Å². The summed E-state index contributed by atoms with van der Waals surface area (Å²) in [5, 5.41) is 20.6. The van der Waals surface area contributed by atoms with E-state index in [1.807, 2.05) is 12.1 Å². The molecule has 1 aliphatic carbocycles. The second kappa shape index (κ2) is 6.98.